The fourth-order valence-electron chi connectivity index (χ4n) is 2.53. The lowest BCUT2D eigenvalue weighted by Gasteiger charge is -2.11. The molecule has 0 aliphatic carbocycles. The highest BCUT2D eigenvalue weighted by Crippen LogP contribution is 2.37. The molecule has 0 saturated carbocycles. The summed E-state index contributed by atoms with van der Waals surface area (Å²) >= 11 is 0. The third kappa shape index (κ3) is 1.95. The average Bonchev–Trinajstić information content (AvgIpc) is 2.93. The van der Waals surface area contributed by atoms with Gasteiger partial charge in [-0.3, -0.25) is 0 Å². The van der Waals surface area contributed by atoms with Crippen molar-refractivity contribution in [1.82, 2.24) is 4.98 Å². The molecule has 0 N–H and O–H groups in total. The number of methoxy groups -OCH3 is 1. The third-order valence-corrected chi connectivity index (χ3v) is 3.46. The lowest BCUT2D eigenvalue weighted by atomic mass is 10.0. The number of allylic oxidation sites excluding steroid dienone is 2. The molecule has 1 heterocycles. The maximum Gasteiger partial charge on any atom is 0.182 e. The minimum Gasteiger partial charge on any atom is -0.496 e. The molecule has 102 valence electrons. The first-order valence-electron chi connectivity index (χ1n) is 6.66. The van der Waals surface area contributed by atoms with Gasteiger partial charge in [0.25, 0.3) is 0 Å². The fraction of sp³-hybridized carbons (Fsp3) is 0.235. The summed E-state index contributed by atoms with van der Waals surface area (Å²) in [7, 11) is 1.71. The van der Waals surface area contributed by atoms with Crippen LogP contribution in [0.4, 0.5) is 0 Å². The minimum atomic E-state index is 0.791. The summed E-state index contributed by atoms with van der Waals surface area (Å²) in [5.41, 5.74) is 4.07. The van der Waals surface area contributed by atoms with Crippen LogP contribution in [0.1, 0.15) is 19.4 Å². The van der Waals surface area contributed by atoms with Gasteiger partial charge in [-0.15, -0.1) is 0 Å². The lowest BCUT2D eigenvalue weighted by Crippen LogP contribution is -1.95. The molecule has 0 amide bonds. The van der Waals surface area contributed by atoms with E-state index >= 15 is 0 Å². The molecule has 0 radical (unpaired) electrons. The van der Waals surface area contributed by atoms with Crippen molar-refractivity contribution >= 4 is 21.9 Å². The lowest BCUT2D eigenvalue weighted by molar-refractivity contribution is 0.416. The number of aromatic nitrogens is 1. The van der Waals surface area contributed by atoms with Gasteiger partial charge in [-0.1, -0.05) is 35.9 Å². The second-order valence-corrected chi connectivity index (χ2v) is 5.07. The maximum atomic E-state index is 5.66. The van der Waals surface area contributed by atoms with Crippen LogP contribution in [0.2, 0.25) is 0 Å². The van der Waals surface area contributed by atoms with Crippen LogP contribution >= 0.6 is 0 Å². The van der Waals surface area contributed by atoms with Crippen LogP contribution in [0.3, 0.4) is 0 Å². The van der Waals surface area contributed by atoms with Crippen molar-refractivity contribution in [3.05, 3.63) is 47.9 Å². The second-order valence-electron chi connectivity index (χ2n) is 5.07. The van der Waals surface area contributed by atoms with Crippen LogP contribution in [0.25, 0.3) is 21.9 Å². The largest absolute Gasteiger partial charge is 0.496 e. The van der Waals surface area contributed by atoms with Crippen LogP contribution in [0.5, 0.6) is 5.75 Å². The Labute approximate surface area is 117 Å². The van der Waals surface area contributed by atoms with Gasteiger partial charge < -0.3 is 9.15 Å². The summed E-state index contributed by atoms with van der Waals surface area (Å²) in [5.74, 6) is 0.888. The van der Waals surface area contributed by atoms with E-state index in [2.05, 4.69) is 31.0 Å². The Morgan fingerprint density at radius 3 is 2.70 bits per heavy atom. The minimum absolute atomic E-state index is 0.791. The summed E-state index contributed by atoms with van der Waals surface area (Å²) < 4.78 is 11.2. The Balaban J connectivity index is 2.39. The molecular formula is C17H17NO2. The van der Waals surface area contributed by atoms with Crippen LogP contribution in [0, 0.1) is 0 Å². The highest BCUT2D eigenvalue weighted by atomic mass is 16.5. The molecule has 0 bridgehead atoms. The number of hydrogen-bond acceptors (Lipinski definition) is 3. The molecule has 0 saturated heterocycles. The normalized spacial score (nSPS) is 10.9. The zero-order chi connectivity index (χ0) is 14.1. The quantitative estimate of drug-likeness (QED) is 0.655. The van der Waals surface area contributed by atoms with E-state index in [1.807, 2.05) is 18.2 Å². The van der Waals surface area contributed by atoms with Gasteiger partial charge in [-0.2, -0.15) is 0 Å². The molecular weight excluding hydrogens is 250 g/mol. The van der Waals surface area contributed by atoms with Crippen molar-refractivity contribution in [3.8, 4) is 5.75 Å². The van der Waals surface area contributed by atoms with Gasteiger partial charge >= 0.3 is 0 Å². The van der Waals surface area contributed by atoms with Crippen molar-refractivity contribution in [1.29, 1.82) is 0 Å². The third-order valence-electron chi connectivity index (χ3n) is 3.46. The number of hydrogen-bond donors (Lipinski definition) is 0. The smallest absolute Gasteiger partial charge is 0.182 e. The number of nitrogens with zero attached hydrogens (tertiary/aromatic N) is 1. The maximum absolute atomic E-state index is 5.66. The van der Waals surface area contributed by atoms with E-state index in [1.54, 1.807) is 7.11 Å². The number of oxazole rings is 1. The summed E-state index contributed by atoms with van der Waals surface area (Å²) in [6.45, 7) is 4.18. The Kier molecular flexibility index (Phi) is 3.18. The van der Waals surface area contributed by atoms with E-state index in [9.17, 15) is 0 Å². The van der Waals surface area contributed by atoms with Gasteiger partial charge in [-0.25, -0.2) is 4.98 Å². The summed E-state index contributed by atoms with van der Waals surface area (Å²) in [5, 5.41) is 2.11. The standard InChI is InChI=1S/C17H17NO2/c1-11(2)8-9-14-15-17(20-10-18-15)13-7-5-4-6-12(13)16(14)19-3/h4-8,10H,9H2,1-3H3. The monoisotopic (exact) mass is 267 g/mol. The van der Waals surface area contributed by atoms with Crippen LogP contribution in [-0.4, -0.2) is 12.1 Å². The molecule has 3 aromatic rings. The zero-order valence-corrected chi connectivity index (χ0v) is 11.9. The Morgan fingerprint density at radius 1 is 1.25 bits per heavy atom. The molecule has 3 nitrogen and oxygen atoms in total. The van der Waals surface area contributed by atoms with Crippen molar-refractivity contribution < 1.29 is 9.15 Å². The molecule has 0 aliphatic heterocycles. The Bertz CT molecular complexity index is 795. The second kappa shape index (κ2) is 5.00. The molecule has 20 heavy (non-hydrogen) atoms. The van der Waals surface area contributed by atoms with Gasteiger partial charge in [0, 0.05) is 16.3 Å². The number of rotatable bonds is 3. The molecule has 1 aromatic heterocycles. The van der Waals surface area contributed by atoms with Gasteiger partial charge in [-0.05, 0) is 20.3 Å². The molecule has 0 aliphatic rings. The van der Waals surface area contributed by atoms with Crippen molar-refractivity contribution in [2.45, 2.75) is 20.3 Å². The number of fused-ring (bicyclic) bond motifs is 3. The van der Waals surface area contributed by atoms with E-state index in [4.69, 9.17) is 9.15 Å². The van der Waals surface area contributed by atoms with E-state index in [1.165, 1.54) is 12.0 Å². The highest BCUT2D eigenvalue weighted by Gasteiger charge is 2.17. The molecule has 2 aromatic carbocycles. The SMILES string of the molecule is COc1c(CC=C(C)C)c2ncoc2c2ccccc12. The highest BCUT2D eigenvalue weighted by molar-refractivity contribution is 6.08. The van der Waals surface area contributed by atoms with E-state index in [-0.39, 0.29) is 0 Å². The van der Waals surface area contributed by atoms with Crippen molar-refractivity contribution in [2.75, 3.05) is 7.11 Å². The number of ether oxygens (including phenoxy) is 1. The summed E-state index contributed by atoms with van der Waals surface area (Å²) in [4.78, 5) is 4.38. The average molecular weight is 267 g/mol. The Morgan fingerprint density at radius 2 is 2.00 bits per heavy atom. The van der Waals surface area contributed by atoms with E-state index in [0.717, 1.165) is 39.6 Å². The van der Waals surface area contributed by atoms with Gasteiger partial charge in [0.15, 0.2) is 12.0 Å². The van der Waals surface area contributed by atoms with Gasteiger partial charge in [0.05, 0.1) is 7.11 Å². The van der Waals surface area contributed by atoms with Crippen molar-refractivity contribution in [3.63, 3.8) is 0 Å². The fourth-order valence-corrected chi connectivity index (χ4v) is 2.53. The van der Waals surface area contributed by atoms with Crippen LogP contribution in [0.15, 0.2) is 46.7 Å². The molecule has 0 unspecified atom stereocenters. The van der Waals surface area contributed by atoms with Gasteiger partial charge in [0.2, 0.25) is 0 Å². The predicted octanol–water partition coefficient (Wildman–Crippen LogP) is 4.50. The molecule has 0 spiro atoms. The summed E-state index contributed by atoms with van der Waals surface area (Å²) in [6, 6.07) is 8.11. The van der Waals surface area contributed by atoms with Crippen LogP contribution < -0.4 is 4.74 Å². The molecule has 3 rings (SSSR count). The van der Waals surface area contributed by atoms with Gasteiger partial charge in [0.1, 0.15) is 11.3 Å². The topological polar surface area (TPSA) is 35.3 Å². The van der Waals surface area contributed by atoms with Crippen molar-refractivity contribution in [2.24, 2.45) is 0 Å². The van der Waals surface area contributed by atoms with Crippen LogP contribution in [-0.2, 0) is 6.42 Å². The van der Waals surface area contributed by atoms with E-state index < -0.39 is 0 Å². The predicted molar refractivity (Wildman–Crippen MR) is 81.2 cm³/mol. The van der Waals surface area contributed by atoms with E-state index in [0.29, 0.717) is 0 Å². The first-order valence-corrected chi connectivity index (χ1v) is 6.66. The zero-order valence-electron chi connectivity index (χ0n) is 11.9. The first-order chi connectivity index (χ1) is 9.72. The molecule has 0 atom stereocenters. The first kappa shape index (κ1) is 12.7. The number of benzene rings is 2. The summed E-state index contributed by atoms with van der Waals surface area (Å²) in [6.07, 6.45) is 4.47. The molecule has 0 fully saturated rings. The molecule has 3 heteroatoms. The Hall–Kier alpha value is -2.29.